The molecule has 2 aromatic carbocycles. The van der Waals surface area contributed by atoms with Gasteiger partial charge in [-0.15, -0.1) is 0 Å². The molecule has 2 aromatic rings. The predicted molar refractivity (Wildman–Crippen MR) is 104 cm³/mol. The third kappa shape index (κ3) is 5.32. The van der Waals surface area contributed by atoms with Gasteiger partial charge in [0.1, 0.15) is 0 Å². The smallest absolute Gasteiger partial charge is 0.224 e. The molecule has 0 spiro atoms. The number of carbonyl (C=O) groups excluding carboxylic acids is 1. The van der Waals surface area contributed by atoms with Crippen LogP contribution in [0.15, 0.2) is 66.2 Å². The fraction of sp³-hybridized carbons (Fsp3) is 0.348. The van der Waals surface area contributed by atoms with Gasteiger partial charge in [-0.3, -0.25) is 4.79 Å². The summed E-state index contributed by atoms with van der Waals surface area (Å²) in [4.78, 5) is 12.2. The molecule has 1 N–H and O–H groups in total. The van der Waals surface area contributed by atoms with Crippen molar-refractivity contribution in [3.8, 4) is 11.1 Å². The summed E-state index contributed by atoms with van der Waals surface area (Å²) in [6.45, 7) is 2.08. The van der Waals surface area contributed by atoms with Gasteiger partial charge in [-0.25, -0.2) is 0 Å². The molecule has 130 valence electrons. The van der Waals surface area contributed by atoms with Crippen molar-refractivity contribution in [1.82, 2.24) is 5.32 Å². The summed E-state index contributed by atoms with van der Waals surface area (Å²) in [5.74, 6) is 0.154. The van der Waals surface area contributed by atoms with Gasteiger partial charge < -0.3 is 5.32 Å². The number of amides is 1. The third-order valence-electron chi connectivity index (χ3n) is 4.78. The Labute approximate surface area is 151 Å². The van der Waals surface area contributed by atoms with E-state index in [2.05, 4.69) is 66.8 Å². The summed E-state index contributed by atoms with van der Waals surface area (Å²) in [6.07, 6.45) is 8.38. The van der Waals surface area contributed by atoms with Crippen molar-refractivity contribution in [3.05, 3.63) is 71.8 Å². The molecule has 3 rings (SSSR count). The zero-order valence-electron chi connectivity index (χ0n) is 15.0. The Morgan fingerprint density at radius 1 is 1.00 bits per heavy atom. The highest BCUT2D eigenvalue weighted by molar-refractivity contribution is 5.78. The van der Waals surface area contributed by atoms with E-state index in [-0.39, 0.29) is 11.9 Å². The molecule has 0 saturated heterocycles. The van der Waals surface area contributed by atoms with Crippen LogP contribution < -0.4 is 5.32 Å². The number of carbonyl (C=O) groups is 1. The SMILES string of the molecule is CC(Cc1ccc(-c2ccccc2)cc1)NC(=O)CC1=CCCCC1. The zero-order chi connectivity index (χ0) is 17.5. The molecule has 25 heavy (non-hydrogen) atoms. The van der Waals surface area contributed by atoms with Crippen LogP contribution in [0.4, 0.5) is 0 Å². The monoisotopic (exact) mass is 333 g/mol. The highest BCUT2D eigenvalue weighted by Gasteiger charge is 2.12. The van der Waals surface area contributed by atoms with Gasteiger partial charge in [0.2, 0.25) is 5.91 Å². The van der Waals surface area contributed by atoms with Crippen molar-refractivity contribution in [2.24, 2.45) is 0 Å². The second-order valence-corrected chi connectivity index (χ2v) is 7.02. The summed E-state index contributed by atoms with van der Waals surface area (Å²) in [5.41, 5.74) is 5.02. The molecule has 0 heterocycles. The van der Waals surface area contributed by atoms with Crippen LogP contribution in [0, 0.1) is 0 Å². The van der Waals surface area contributed by atoms with Crippen LogP contribution in [0.3, 0.4) is 0 Å². The molecule has 0 aliphatic heterocycles. The molecule has 0 fully saturated rings. The van der Waals surface area contributed by atoms with E-state index in [1.807, 2.05) is 6.07 Å². The molecule has 0 saturated carbocycles. The minimum absolute atomic E-state index is 0.152. The summed E-state index contributed by atoms with van der Waals surface area (Å²) >= 11 is 0. The van der Waals surface area contributed by atoms with Gasteiger partial charge in [0.25, 0.3) is 0 Å². The maximum absolute atomic E-state index is 12.2. The maximum atomic E-state index is 12.2. The van der Waals surface area contributed by atoms with Gasteiger partial charge in [-0.1, -0.05) is 66.2 Å². The van der Waals surface area contributed by atoms with E-state index in [1.165, 1.54) is 35.1 Å². The summed E-state index contributed by atoms with van der Waals surface area (Å²) in [7, 11) is 0. The molecule has 1 amide bonds. The molecular formula is C23H27NO. The van der Waals surface area contributed by atoms with Crippen LogP contribution in [0.1, 0.15) is 44.6 Å². The highest BCUT2D eigenvalue weighted by Crippen LogP contribution is 2.21. The standard InChI is InChI=1S/C23H27NO/c1-18(24-23(25)17-19-8-4-2-5-9-19)16-20-12-14-22(15-13-20)21-10-6-3-7-11-21/h3,6-8,10-15,18H,2,4-5,9,16-17H2,1H3,(H,24,25). The fourth-order valence-electron chi connectivity index (χ4n) is 3.47. The molecule has 0 bridgehead atoms. The summed E-state index contributed by atoms with van der Waals surface area (Å²) < 4.78 is 0. The maximum Gasteiger partial charge on any atom is 0.224 e. The summed E-state index contributed by atoms with van der Waals surface area (Å²) in [5, 5.41) is 3.14. The minimum Gasteiger partial charge on any atom is -0.353 e. The van der Waals surface area contributed by atoms with E-state index >= 15 is 0 Å². The van der Waals surface area contributed by atoms with Crippen molar-refractivity contribution in [2.45, 2.75) is 51.5 Å². The van der Waals surface area contributed by atoms with Gasteiger partial charge in [0, 0.05) is 12.5 Å². The fourth-order valence-corrected chi connectivity index (χ4v) is 3.47. The molecule has 1 aliphatic rings. The Hall–Kier alpha value is -2.35. The molecule has 0 radical (unpaired) electrons. The Bertz CT molecular complexity index is 716. The van der Waals surface area contributed by atoms with E-state index < -0.39 is 0 Å². The first-order chi connectivity index (χ1) is 12.2. The number of benzene rings is 2. The van der Waals surface area contributed by atoms with Gasteiger partial charge in [0.15, 0.2) is 0 Å². The lowest BCUT2D eigenvalue weighted by molar-refractivity contribution is -0.121. The average Bonchev–Trinajstić information content (AvgIpc) is 2.63. The second-order valence-electron chi connectivity index (χ2n) is 7.02. The Kier molecular flexibility index (Phi) is 6.05. The molecule has 1 atom stereocenters. The van der Waals surface area contributed by atoms with Crippen LogP contribution in [0.2, 0.25) is 0 Å². The number of hydrogen-bond donors (Lipinski definition) is 1. The predicted octanol–water partition coefficient (Wildman–Crippen LogP) is 5.29. The van der Waals surface area contributed by atoms with E-state index in [4.69, 9.17) is 0 Å². The number of rotatable bonds is 6. The largest absolute Gasteiger partial charge is 0.353 e. The van der Waals surface area contributed by atoms with Crippen LogP contribution in [-0.4, -0.2) is 11.9 Å². The van der Waals surface area contributed by atoms with Gasteiger partial charge in [-0.2, -0.15) is 0 Å². The lowest BCUT2D eigenvalue weighted by Crippen LogP contribution is -2.34. The quantitative estimate of drug-likeness (QED) is 0.715. The number of nitrogens with one attached hydrogen (secondary N) is 1. The Morgan fingerprint density at radius 3 is 2.40 bits per heavy atom. The second kappa shape index (κ2) is 8.66. The van der Waals surface area contributed by atoms with E-state index in [9.17, 15) is 4.79 Å². The van der Waals surface area contributed by atoms with Crippen molar-refractivity contribution in [2.75, 3.05) is 0 Å². The lowest BCUT2D eigenvalue weighted by Gasteiger charge is -2.17. The first-order valence-corrected chi connectivity index (χ1v) is 9.32. The molecule has 2 nitrogen and oxygen atoms in total. The average molecular weight is 333 g/mol. The van der Waals surface area contributed by atoms with E-state index in [0.29, 0.717) is 6.42 Å². The molecule has 0 aromatic heterocycles. The topological polar surface area (TPSA) is 29.1 Å². The summed E-state index contributed by atoms with van der Waals surface area (Å²) in [6, 6.07) is 19.2. The van der Waals surface area contributed by atoms with Crippen LogP contribution in [-0.2, 0) is 11.2 Å². The lowest BCUT2D eigenvalue weighted by atomic mass is 9.97. The number of hydrogen-bond acceptors (Lipinski definition) is 1. The van der Waals surface area contributed by atoms with E-state index in [0.717, 1.165) is 19.3 Å². The van der Waals surface area contributed by atoms with E-state index in [1.54, 1.807) is 0 Å². The molecule has 1 unspecified atom stereocenters. The zero-order valence-corrected chi connectivity index (χ0v) is 15.0. The Balaban J connectivity index is 1.51. The van der Waals surface area contributed by atoms with Crippen LogP contribution >= 0.6 is 0 Å². The van der Waals surface area contributed by atoms with Gasteiger partial charge in [-0.05, 0) is 55.7 Å². The first kappa shape index (κ1) is 17.5. The van der Waals surface area contributed by atoms with Gasteiger partial charge >= 0.3 is 0 Å². The molecular weight excluding hydrogens is 306 g/mol. The minimum atomic E-state index is 0.152. The van der Waals surface area contributed by atoms with Crippen molar-refractivity contribution in [3.63, 3.8) is 0 Å². The number of allylic oxidation sites excluding steroid dienone is 1. The Morgan fingerprint density at radius 2 is 1.72 bits per heavy atom. The van der Waals surface area contributed by atoms with Crippen molar-refractivity contribution >= 4 is 5.91 Å². The molecule has 2 heteroatoms. The highest BCUT2D eigenvalue weighted by atomic mass is 16.1. The first-order valence-electron chi connectivity index (χ1n) is 9.32. The van der Waals surface area contributed by atoms with Crippen molar-refractivity contribution < 1.29 is 4.79 Å². The van der Waals surface area contributed by atoms with Gasteiger partial charge in [0.05, 0.1) is 0 Å². The van der Waals surface area contributed by atoms with Crippen molar-refractivity contribution in [1.29, 1.82) is 0 Å². The third-order valence-corrected chi connectivity index (χ3v) is 4.78. The molecule has 1 aliphatic carbocycles. The normalized spacial score (nSPS) is 15.3. The van der Waals surface area contributed by atoms with Crippen LogP contribution in [0.25, 0.3) is 11.1 Å². The van der Waals surface area contributed by atoms with Crippen LogP contribution in [0.5, 0.6) is 0 Å².